The first-order valence-corrected chi connectivity index (χ1v) is 5.20. The van der Waals surface area contributed by atoms with Crippen molar-refractivity contribution in [1.29, 1.82) is 0 Å². The third-order valence-electron chi connectivity index (χ3n) is 2.18. The van der Waals surface area contributed by atoms with E-state index in [1.54, 1.807) is 12.1 Å². The predicted molar refractivity (Wildman–Crippen MR) is 62.7 cm³/mol. The van der Waals surface area contributed by atoms with Gasteiger partial charge in [0.05, 0.1) is 7.11 Å². The van der Waals surface area contributed by atoms with Crippen molar-refractivity contribution < 1.29 is 9.13 Å². The number of hydrogen-bond acceptors (Lipinski definition) is 2. The largest absolute Gasteiger partial charge is 0.497 e. The lowest BCUT2D eigenvalue weighted by Crippen LogP contribution is -2.15. The summed E-state index contributed by atoms with van der Waals surface area (Å²) in [5.74, 6) is 6.05. The first-order chi connectivity index (χ1) is 7.77. The molecule has 0 heterocycles. The van der Waals surface area contributed by atoms with E-state index in [-0.39, 0.29) is 5.82 Å². The highest BCUT2D eigenvalue weighted by molar-refractivity contribution is 5.28. The molecule has 0 saturated heterocycles. The van der Waals surface area contributed by atoms with Crippen molar-refractivity contribution in [2.24, 2.45) is 0 Å². The molecule has 0 radical (unpaired) electrons. The number of nitrogens with one attached hydrogen (secondary N) is 1. The summed E-state index contributed by atoms with van der Waals surface area (Å²) in [6, 6.07) is 4.88. The van der Waals surface area contributed by atoms with Gasteiger partial charge in [-0.1, -0.05) is 6.07 Å². The fourth-order valence-electron chi connectivity index (χ4n) is 1.30. The summed E-state index contributed by atoms with van der Waals surface area (Å²) in [5, 5.41) is 3.13. The standard InChI is InChI=1S/C13H16FNO/c1-3-4-5-8-15-10-11-6-7-12(16-2)9-13(11)14/h6-7,9,15H,5,8,10H2,1-2H3. The average Bonchev–Trinajstić information content (AvgIpc) is 2.30. The molecule has 2 nitrogen and oxygen atoms in total. The molecule has 0 unspecified atom stereocenters. The molecule has 1 aromatic rings. The van der Waals surface area contributed by atoms with Gasteiger partial charge in [0.25, 0.3) is 0 Å². The van der Waals surface area contributed by atoms with Gasteiger partial charge in [-0.3, -0.25) is 0 Å². The van der Waals surface area contributed by atoms with Gasteiger partial charge in [-0.15, -0.1) is 11.8 Å². The Kier molecular flexibility index (Phi) is 5.38. The summed E-state index contributed by atoms with van der Waals surface area (Å²) in [7, 11) is 1.52. The molecular formula is C13H16FNO. The minimum atomic E-state index is -0.242. The van der Waals surface area contributed by atoms with Crippen molar-refractivity contribution in [3.63, 3.8) is 0 Å². The van der Waals surface area contributed by atoms with E-state index in [1.807, 2.05) is 6.92 Å². The van der Waals surface area contributed by atoms with Gasteiger partial charge < -0.3 is 10.1 Å². The van der Waals surface area contributed by atoms with Crippen LogP contribution in [0.25, 0.3) is 0 Å². The normalized spacial score (nSPS) is 9.44. The highest BCUT2D eigenvalue weighted by atomic mass is 19.1. The predicted octanol–water partition coefficient (Wildman–Crippen LogP) is 2.34. The lowest BCUT2D eigenvalue weighted by molar-refractivity contribution is 0.410. The molecular weight excluding hydrogens is 205 g/mol. The molecule has 16 heavy (non-hydrogen) atoms. The second-order valence-corrected chi connectivity index (χ2v) is 3.31. The van der Waals surface area contributed by atoms with Gasteiger partial charge in [0.1, 0.15) is 11.6 Å². The molecule has 0 saturated carbocycles. The quantitative estimate of drug-likeness (QED) is 0.608. The van der Waals surface area contributed by atoms with Crippen LogP contribution in [0.2, 0.25) is 0 Å². The fraction of sp³-hybridized carbons (Fsp3) is 0.385. The first kappa shape index (κ1) is 12.5. The van der Waals surface area contributed by atoms with Gasteiger partial charge in [-0.2, -0.15) is 0 Å². The van der Waals surface area contributed by atoms with Crippen LogP contribution >= 0.6 is 0 Å². The highest BCUT2D eigenvalue weighted by Gasteiger charge is 2.02. The molecule has 0 aromatic heterocycles. The summed E-state index contributed by atoms with van der Waals surface area (Å²) in [4.78, 5) is 0. The van der Waals surface area contributed by atoms with Crippen LogP contribution in [0.5, 0.6) is 5.75 Å². The molecule has 0 fully saturated rings. The van der Waals surface area contributed by atoms with Crippen molar-refractivity contribution in [2.45, 2.75) is 19.9 Å². The molecule has 0 atom stereocenters. The SMILES string of the molecule is CC#CCCNCc1ccc(OC)cc1F. The number of halogens is 1. The van der Waals surface area contributed by atoms with E-state index in [9.17, 15) is 4.39 Å². The monoisotopic (exact) mass is 221 g/mol. The van der Waals surface area contributed by atoms with Gasteiger partial charge in [0.2, 0.25) is 0 Å². The Hall–Kier alpha value is -1.53. The Morgan fingerprint density at radius 3 is 2.88 bits per heavy atom. The van der Waals surface area contributed by atoms with Gasteiger partial charge in [-0.05, 0) is 13.0 Å². The Labute approximate surface area is 95.8 Å². The van der Waals surface area contributed by atoms with Crippen LogP contribution in [0.4, 0.5) is 4.39 Å². The first-order valence-electron chi connectivity index (χ1n) is 5.20. The lowest BCUT2D eigenvalue weighted by Gasteiger charge is -2.06. The molecule has 86 valence electrons. The molecule has 0 amide bonds. The third-order valence-corrected chi connectivity index (χ3v) is 2.18. The van der Waals surface area contributed by atoms with E-state index in [0.717, 1.165) is 13.0 Å². The van der Waals surface area contributed by atoms with Gasteiger partial charge >= 0.3 is 0 Å². The van der Waals surface area contributed by atoms with Gasteiger partial charge in [0, 0.05) is 31.1 Å². The van der Waals surface area contributed by atoms with Crippen LogP contribution in [0.3, 0.4) is 0 Å². The summed E-state index contributed by atoms with van der Waals surface area (Å²) >= 11 is 0. The molecule has 1 rings (SSSR count). The maximum absolute atomic E-state index is 13.5. The van der Waals surface area contributed by atoms with Crippen LogP contribution in [-0.2, 0) is 6.54 Å². The summed E-state index contributed by atoms with van der Waals surface area (Å²) in [6.45, 7) is 3.09. The second-order valence-electron chi connectivity index (χ2n) is 3.31. The van der Waals surface area contributed by atoms with E-state index in [0.29, 0.717) is 17.9 Å². The number of benzene rings is 1. The van der Waals surface area contributed by atoms with Crippen LogP contribution in [-0.4, -0.2) is 13.7 Å². The minimum absolute atomic E-state index is 0.242. The van der Waals surface area contributed by atoms with Crippen LogP contribution in [0.15, 0.2) is 18.2 Å². The van der Waals surface area contributed by atoms with Gasteiger partial charge in [0.15, 0.2) is 0 Å². The van der Waals surface area contributed by atoms with Gasteiger partial charge in [-0.25, -0.2) is 4.39 Å². The van der Waals surface area contributed by atoms with Crippen molar-refractivity contribution in [3.05, 3.63) is 29.6 Å². The second kappa shape index (κ2) is 6.86. The van der Waals surface area contributed by atoms with E-state index >= 15 is 0 Å². The topological polar surface area (TPSA) is 21.3 Å². The summed E-state index contributed by atoms with van der Waals surface area (Å²) in [5.41, 5.74) is 0.644. The molecule has 0 aliphatic carbocycles. The van der Waals surface area contributed by atoms with Crippen molar-refractivity contribution in [3.8, 4) is 17.6 Å². The fourth-order valence-corrected chi connectivity index (χ4v) is 1.30. The summed E-state index contributed by atoms with van der Waals surface area (Å²) < 4.78 is 18.4. The maximum Gasteiger partial charge on any atom is 0.131 e. The Morgan fingerprint density at radius 2 is 2.25 bits per heavy atom. The zero-order valence-corrected chi connectivity index (χ0v) is 9.64. The van der Waals surface area contributed by atoms with E-state index in [1.165, 1.54) is 13.2 Å². The van der Waals surface area contributed by atoms with E-state index in [4.69, 9.17) is 4.74 Å². The van der Waals surface area contributed by atoms with Crippen LogP contribution < -0.4 is 10.1 Å². The van der Waals surface area contributed by atoms with Crippen LogP contribution in [0, 0.1) is 17.7 Å². The molecule has 1 N–H and O–H groups in total. The number of methoxy groups -OCH3 is 1. The molecule has 0 aliphatic rings. The number of hydrogen-bond donors (Lipinski definition) is 1. The zero-order chi connectivity index (χ0) is 11.8. The Bertz CT molecular complexity index is 393. The molecule has 1 aromatic carbocycles. The van der Waals surface area contributed by atoms with E-state index < -0.39 is 0 Å². The zero-order valence-electron chi connectivity index (χ0n) is 9.64. The average molecular weight is 221 g/mol. The van der Waals surface area contributed by atoms with Crippen molar-refractivity contribution in [2.75, 3.05) is 13.7 Å². The lowest BCUT2D eigenvalue weighted by atomic mass is 10.2. The molecule has 3 heteroatoms. The Balaban J connectivity index is 2.44. The molecule has 0 aliphatic heterocycles. The Morgan fingerprint density at radius 1 is 1.44 bits per heavy atom. The summed E-state index contributed by atoms with van der Waals surface area (Å²) in [6.07, 6.45) is 0.786. The molecule has 0 spiro atoms. The van der Waals surface area contributed by atoms with Crippen molar-refractivity contribution >= 4 is 0 Å². The van der Waals surface area contributed by atoms with Crippen LogP contribution in [0.1, 0.15) is 18.9 Å². The molecule has 0 bridgehead atoms. The number of ether oxygens (including phenoxy) is 1. The minimum Gasteiger partial charge on any atom is -0.497 e. The number of rotatable bonds is 5. The maximum atomic E-state index is 13.5. The van der Waals surface area contributed by atoms with Crippen molar-refractivity contribution in [1.82, 2.24) is 5.32 Å². The highest BCUT2D eigenvalue weighted by Crippen LogP contribution is 2.15. The smallest absolute Gasteiger partial charge is 0.131 e. The van der Waals surface area contributed by atoms with E-state index in [2.05, 4.69) is 17.2 Å². The third kappa shape index (κ3) is 3.92.